The van der Waals surface area contributed by atoms with Crippen LogP contribution in [-0.4, -0.2) is 78.9 Å². The fraction of sp³-hybridized carbons (Fsp3) is 0.360. The number of carbonyl (C=O) groups is 2. The normalized spacial score (nSPS) is 18.3. The quantitative estimate of drug-likeness (QED) is 0.518. The number of hydrogen-bond donors (Lipinski definition) is 3. The van der Waals surface area contributed by atoms with Gasteiger partial charge in [0.1, 0.15) is 18.2 Å². The van der Waals surface area contributed by atoms with Gasteiger partial charge in [-0.3, -0.25) is 4.79 Å². The molecule has 1 saturated heterocycles. The van der Waals surface area contributed by atoms with Crippen molar-refractivity contribution < 1.29 is 28.6 Å². The summed E-state index contributed by atoms with van der Waals surface area (Å²) < 4.78 is 24.6. The number of methoxy groups -OCH3 is 2. The van der Waals surface area contributed by atoms with E-state index in [2.05, 4.69) is 10.3 Å². The fourth-order valence-electron chi connectivity index (χ4n) is 5.30. The minimum atomic E-state index is -0.676. The smallest absolute Gasteiger partial charge is 0.322 e. The molecule has 5 rings (SSSR count). The van der Waals surface area contributed by atoms with E-state index in [0.29, 0.717) is 24.5 Å². The van der Waals surface area contributed by atoms with Gasteiger partial charge < -0.3 is 34.7 Å². The number of likely N-dealkylation sites (tertiary alicyclic amines) is 1. The van der Waals surface area contributed by atoms with Gasteiger partial charge >= 0.3 is 6.03 Å². The van der Waals surface area contributed by atoms with Crippen molar-refractivity contribution in [1.29, 1.82) is 0 Å². The Hall–Kier alpha value is -3.63. The number of nitrogens with zero attached hydrogens (tertiary/aromatic N) is 2. The van der Waals surface area contributed by atoms with Crippen LogP contribution in [0.25, 0.3) is 10.9 Å². The van der Waals surface area contributed by atoms with Gasteiger partial charge in [0.25, 0.3) is 0 Å². The number of ether oxygens (including phenoxy) is 2. The molecule has 3 N–H and O–H groups in total. The molecule has 3 aromatic rings. The van der Waals surface area contributed by atoms with E-state index in [1.807, 2.05) is 18.2 Å². The minimum absolute atomic E-state index is 0.0230. The molecular weight excluding hydrogens is 455 g/mol. The Labute approximate surface area is 201 Å². The minimum Gasteiger partial charge on any atom is -0.497 e. The number of urea groups is 1. The van der Waals surface area contributed by atoms with E-state index in [9.17, 15) is 19.1 Å². The zero-order valence-electron chi connectivity index (χ0n) is 19.5. The van der Waals surface area contributed by atoms with Gasteiger partial charge in [-0.1, -0.05) is 12.1 Å². The Morgan fingerprint density at radius 2 is 1.97 bits per heavy atom. The first-order valence-corrected chi connectivity index (χ1v) is 11.3. The van der Waals surface area contributed by atoms with Crippen LogP contribution in [-0.2, 0) is 14.9 Å². The van der Waals surface area contributed by atoms with Crippen molar-refractivity contribution >= 4 is 28.5 Å². The second-order valence-corrected chi connectivity index (χ2v) is 9.02. The van der Waals surface area contributed by atoms with E-state index < -0.39 is 23.3 Å². The summed E-state index contributed by atoms with van der Waals surface area (Å²) >= 11 is 0. The molecule has 2 aromatic carbocycles. The zero-order chi connectivity index (χ0) is 24.7. The number of H-pyrrole nitrogens is 1. The van der Waals surface area contributed by atoms with Crippen molar-refractivity contribution in [1.82, 2.24) is 14.8 Å². The van der Waals surface area contributed by atoms with Gasteiger partial charge in [0.15, 0.2) is 0 Å². The Balaban J connectivity index is 1.56. The van der Waals surface area contributed by atoms with Crippen LogP contribution in [0.1, 0.15) is 17.3 Å². The summed E-state index contributed by atoms with van der Waals surface area (Å²) in [6, 6.07) is 10.4. The maximum atomic E-state index is 14.2. The number of anilines is 1. The van der Waals surface area contributed by atoms with Gasteiger partial charge in [0.05, 0.1) is 30.9 Å². The summed E-state index contributed by atoms with van der Waals surface area (Å²) in [5.41, 5.74) is 1.99. The molecule has 3 heterocycles. The average molecular weight is 483 g/mol. The number of nitrogens with one attached hydrogen (secondary N) is 2. The lowest BCUT2D eigenvalue weighted by Crippen LogP contribution is -2.68. The Morgan fingerprint density at radius 1 is 1.20 bits per heavy atom. The molecule has 35 heavy (non-hydrogen) atoms. The largest absolute Gasteiger partial charge is 0.497 e. The van der Waals surface area contributed by atoms with Crippen LogP contribution < -0.4 is 10.1 Å². The zero-order valence-corrected chi connectivity index (χ0v) is 19.5. The highest BCUT2D eigenvalue weighted by molar-refractivity contribution is 5.93. The molecule has 0 bridgehead atoms. The number of aliphatic hydroxyl groups is 1. The molecule has 184 valence electrons. The summed E-state index contributed by atoms with van der Waals surface area (Å²) in [5.74, 6) is -0.00956. The number of benzene rings is 2. The lowest BCUT2D eigenvalue weighted by molar-refractivity contribution is -0.144. The molecule has 0 aliphatic carbocycles. The lowest BCUT2D eigenvalue weighted by Gasteiger charge is -2.56. The summed E-state index contributed by atoms with van der Waals surface area (Å²) in [6.07, 6.45) is 0. The van der Waals surface area contributed by atoms with Gasteiger partial charge in [-0.2, -0.15) is 0 Å². The number of aromatic amines is 1. The van der Waals surface area contributed by atoms with Gasteiger partial charge in [-0.15, -0.1) is 0 Å². The number of halogens is 1. The summed E-state index contributed by atoms with van der Waals surface area (Å²) in [4.78, 5) is 32.4. The van der Waals surface area contributed by atoms with E-state index in [1.165, 1.54) is 24.1 Å². The molecule has 1 atom stereocenters. The van der Waals surface area contributed by atoms with E-state index in [0.717, 1.165) is 16.5 Å². The Bertz CT molecular complexity index is 1290. The van der Waals surface area contributed by atoms with Crippen molar-refractivity contribution in [2.45, 2.75) is 11.5 Å². The topological polar surface area (TPSA) is 107 Å². The Morgan fingerprint density at radius 3 is 2.66 bits per heavy atom. The van der Waals surface area contributed by atoms with Crippen LogP contribution in [0.4, 0.5) is 14.9 Å². The fourth-order valence-corrected chi connectivity index (χ4v) is 5.30. The standard InChI is InChI=1S/C25H27FN4O5/c1-34-11-21(32)29-12-25(13-29)14-30(24(33)28-18-6-4-3-5-17(18)26)20(10-31)23-22(25)16-8-7-15(35-2)9-19(16)27-23/h3-9,20,27,31H,10-14H2,1-2H3,(H,28,33)/t20-/m1/s1. The number of carbonyl (C=O) groups excluding carboxylic acids is 2. The number of para-hydroxylation sites is 1. The first-order valence-electron chi connectivity index (χ1n) is 11.3. The van der Waals surface area contributed by atoms with Crippen LogP contribution in [0.15, 0.2) is 42.5 Å². The van der Waals surface area contributed by atoms with Crippen LogP contribution in [0.3, 0.4) is 0 Å². The summed E-state index contributed by atoms with van der Waals surface area (Å²) in [7, 11) is 3.06. The molecule has 1 aromatic heterocycles. The highest BCUT2D eigenvalue weighted by Gasteiger charge is 2.55. The molecule has 1 fully saturated rings. The monoisotopic (exact) mass is 482 g/mol. The number of aliphatic hydroxyl groups excluding tert-OH is 1. The van der Waals surface area contributed by atoms with Crippen molar-refractivity contribution in [3.63, 3.8) is 0 Å². The highest BCUT2D eigenvalue weighted by atomic mass is 19.1. The third-order valence-electron chi connectivity index (χ3n) is 6.90. The van der Waals surface area contributed by atoms with E-state index in [1.54, 1.807) is 24.1 Å². The van der Waals surface area contributed by atoms with Gasteiger partial charge in [0, 0.05) is 49.4 Å². The van der Waals surface area contributed by atoms with Crippen LogP contribution in [0.5, 0.6) is 5.75 Å². The number of hydrogen-bond acceptors (Lipinski definition) is 5. The van der Waals surface area contributed by atoms with Gasteiger partial charge in [0.2, 0.25) is 5.91 Å². The molecule has 0 radical (unpaired) electrons. The highest BCUT2D eigenvalue weighted by Crippen LogP contribution is 2.48. The average Bonchev–Trinajstić information content (AvgIpc) is 3.22. The van der Waals surface area contributed by atoms with Crippen molar-refractivity contribution in [3.8, 4) is 5.75 Å². The van der Waals surface area contributed by atoms with Crippen molar-refractivity contribution in [2.24, 2.45) is 0 Å². The second kappa shape index (κ2) is 8.86. The number of fused-ring (bicyclic) bond motifs is 4. The van der Waals surface area contributed by atoms with Crippen LogP contribution in [0.2, 0.25) is 0 Å². The molecule has 0 saturated carbocycles. The molecule has 3 amide bonds. The third-order valence-corrected chi connectivity index (χ3v) is 6.90. The second-order valence-electron chi connectivity index (χ2n) is 9.02. The van der Waals surface area contributed by atoms with E-state index in [-0.39, 0.29) is 31.4 Å². The van der Waals surface area contributed by atoms with Gasteiger partial charge in [-0.05, 0) is 29.8 Å². The molecule has 2 aliphatic rings. The van der Waals surface area contributed by atoms with Gasteiger partial charge in [-0.25, -0.2) is 9.18 Å². The molecule has 0 unspecified atom stereocenters. The van der Waals surface area contributed by atoms with Crippen LogP contribution >= 0.6 is 0 Å². The maximum absolute atomic E-state index is 14.2. The molecule has 10 heteroatoms. The number of rotatable bonds is 5. The first kappa shape index (κ1) is 23.1. The number of amides is 3. The van der Waals surface area contributed by atoms with Crippen molar-refractivity contribution in [2.75, 3.05) is 52.4 Å². The van der Waals surface area contributed by atoms with E-state index >= 15 is 0 Å². The maximum Gasteiger partial charge on any atom is 0.322 e. The van der Waals surface area contributed by atoms with E-state index in [4.69, 9.17) is 9.47 Å². The predicted molar refractivity (Wildman–Crippen MR) is 127 cm³/mol. The first-order chi connectivity index (χ1) is 16.9. The third kappa shape index (κ3) is 3.78. The van der Waals surface area contributed by atoms with Crippen LogP contribution in [0, 0.1) is 5.82 Å². The van der Waals surface area contributed by atoms with Crippen molar-refractivity contribution in [3.05, 3.63) is 59.5 Å². The summed E-state index contributed by atoms with van der Waals surface area (Å²) in [5, 5.41) is 13.9. The Kier molecular flexibility index (Phi) is 5.86. The summed E-state index contributed by atoms with van der Waals surface area (Å²) in [6.45, 7) is 0.682. The lowest BCUT2D eigenvalue weighted by atomic mass is 9.68. The molecule has 1 spiro atoms. The predicted octanol–water partition coefficient (Wildman–Crippen LogP) is 2.62. The molecule has 2 aliphatic heterocycles. The molecule has 9 nitrogen and oxygen atoms in total. The SMILES string of the molecule is COCC(=O)N1CC2(C1)CN(C(=O)Nc1ccccc1F)[C@H](CO)c1[nH]c3cc(OC)ccc3c12. The molecular formula is C25H27FN4O5. The number of aromatic nitrogens is 1.